The first-order valence-electron chi connectivity index (χ1n) is 6.28. The summed E-state index contributed by atoms with van der Waals surface area (Å²) in [7, 11) is 0. The molecule has 1 saturated heterocycles. The van der Waals surface area contributed by atoms with Gasteiger partial charge in [0.1, 0.15) is 0 Å². The second-order valence-corrected chi connectivity index (χ2v) is 4.40. The summed E-state index contributed by atoms with van der Waals surface area (Å²) < 4.78 is 5.44. The fourth-order valence-electron chi connectivity index (χ4n) is 2.49. The highest BCUT2D eigenvalue weighted by molar-refractivity contribution is 5.19. The summed E-state index contributed by atoms with van der Waals surface area (Å²) >= 11 is 0. The normalized spacial score (nSPS) is 19.6. The molecule has 0 radical (unpaired) electrons. The van der Waals surface area contributed by atoms with Crippen molar-refractivity contribution in [2.75, 3.05) is 19.8 Å². The van der Waals surface area contributed by atoms with Crippen molar-refractivity contribution in [3.63, 3.8) is 0 Å². The van der Waals surface area contributed by atoms with Gasteiger partial charge < -0.3 is 10.1 Å². The topological polar surface area (TPSA) is 21.3 Å². The predicted molar refractivity (Wildman–Crippen MR) is 66.4 cm³/mol. The summed E-state index contributed by atoms with van der Waals surface area (Å²) in [5, 5.41) is 3.61. The highest BCUT2D eigenvalue weighted by Gasteiger charge is 2.24. The first-order valence-corrected chi connectivity index (χ1v) is 6.28. The van der Waals surface area contributed by atoms with Crippen molar-refractivity contribution in [1.82, 2.24) is 5.32 Å². The van der Waals surface area contributed by atoms with E-state index in [1.807, 2.05) is 0 Å². The fourth-order valence-corrected chi connectivity index (χ4v) is 2.49. The van der Waals surface area contributed by atoms with Crippen LogP contribution in [0.3, 0.4) is 0 Å². The van der Waals surface area contributed by atoms with E-state index in [0.717, 1.165) is 25.7 Å². The summed E-state index contributed by atoms with van der Waals surface area (Å²) in [6, 6.07) is 11.3. The molecule has 0 spiro atoms. The largest absolute Gasteiger partial charge is 0.381 e. The van der Waals surface area contributed by atoms with Gasteiger partial charge in [-0.25, -0.2) is 0 Å². The van der Waals surface area contributed by atoms with Crippen molar-refractivity contribution in [3.8, 4) is 0 Å². The van der Waals surface area contributed by atoms with E-state index in [0.29, 0.717) is 6.04 Å². The van der Waals surface area contributed by atoms with Crippen LogP contribution in [-0.4, -0.2) is 19.8 Å². The Morgan fingerprint density at radius 3 is 2.56 bits per heavy atom. The average Bonchev–Trinajstić information content (AvgIpc) is 2.38. The molecule has 16 heavy (non-hydrogen) atoms. The van der Waals surface area contributed by atoms with Gasteiger partial charge in [-0.1, -0.05) is 37.3 Å². The fraction of sp³-hybridized carbons (Fsp3) is 0.571. The third-order valence-electron chi connectivity index (χ3n) is 3.32. The summed E-state index contributed by atoms with van der Waals surface area (Å²) in [5.41, 5.74) is 1.41. The minimum Gasteiger partial charge on any atom is -0.381 e. The van der Waals surface area contributed by atoms with Crippen molar-refractivity contribution in [3.05, 3.63) is 35.9 Å². The third-order valence-corrected chi connectivity index (χ3v) is 3.32. The van der Waals surface area contributed by atoms with Crippen molar-refractivity contribution in [1.29, 1.82) is 0 Å². The van der Waals surface area contributed by atoms with E-state index in [-0.39, 0.29) is 0 Å². The number of rotatable bonds is 4. The van der Waals surface area contributed by atoms with Crippen molar-refractivity contribution in [2.45, 2.75) is 25.8 Å². The second-order valence-electron chi connectivity index (χ2n) is 4.40. The molecule has 2 nitrogen and oxygen atoms in total. The van der Waals surface area contributed by atoms with Crippen molar-refractivity contribution >= 4 is 0 Å². The summed E-state index contributed by atoms with van der Waals surface area (Å²) in [6.45, 7) is 5.03. The van der Waals surface area contributed by atoms with Gasteiger partial charge in [-0.3, -0.25) is 0 Å². The molecule has 2 rings (SSSR count). The van der Waals surface area contributed by atoms with Crippen LogP contribution >= 0.6 is 0 Å². The minimum atomic E-state index is 0.495. The number of nitrogens with one attached hydrogen (secondary N) is 1. The molecule has 1 aliphatic rings. The molecule has 1 aliphatic heterocycles. The standard InChI is InChI=1S/C14H21NO/c1-2-15-14(12-6-4-3-5-7-12)13-8-10-16-11-9-13/h3-7,13-15H,2,8-11H2,1H3. The van der Waals surface area contributed by atoms with Crippen molar-refractivity contribution in [2.24, 2.45) is 5.92 Å². The van der Waals surface area contributed by atoms with Gasteiger partial charge >= 0.3 is 0 Å². The van der Waals surface area contributed by atoms with E-state index in [4.69, 9.17) is 4.74 Å². The van der Waals surface area contributed by atoms with E-state index in [2.05, 4.69) is 42.6 Å². The smallest absolute Gasteiger partial charge is 0.0469 e. The number of hydrogen-bond acceptors (Lipinski definition) is 2. The molecule has 1 N–H and O–H groups in total. The van der Waals surface area contributed by atoms with Crippen molar-refractivity contribution < 1.29 is 4.74 Å². The van der Waals surface area contributed by atoms with E-state index in [9.17, 15) is 0 Å². The van der Waals surface area contributed by atoms with E-state index >= 15 is 0 Å². The number of benzene rings is 1. The van der Waals surface area contributed by atoms with Gasteiger partial charge in [0, 0.05) is 19.3 Å². The van der Waals surface area contributed by atoms with Crippen LogP contribution in [-0.2, 0) is 4.74 Å². The Labute approximate surface area is 98.0 Å². The van der Waals surface area contributed by atoms with Crippen LogP contribution < -0.4 is 5.32 Å². The molecule has 0 amide bonds. The van der Waals surface area contributed by atoms with E-state index in [1.165, 1.54) is 18.4 Å². The van der Waals surface area contributed by atoms with Gasteiger partial charge in [0.15, 0.2) is 0 Å². The lowest BCUT2D eigenvalue weighted by molar-refractivity contribution is 0.0538. The summed E-state index contributed by atoms with van der Waals surface area (Å²) in [6.07, 6.45) is 2.35. The zero-order chi connectivity index (χ0) is 11.2. The highest BCUT2D eigenvalue weighted by atomic mass is 16.5. The average molecular weight is 219 g/mol. The molecule has 0 saturated carbocycles. The lowest BCUT2D eigenvalue weighted by Gasteiger charge is -2.31. The van der Waals surface area contributed by atoms with Crippen LogP contribution in [0.25, 0.3) is 0 Å². The first kappa shape index (κ1) is 11.6. The zero-order valence-corrected chi connectivity index (χ0v) is 9.99. The molecule has 1 heterocycles. The maximum atomic E-state index is 5.44. The minimum absolute atomic E-state index is 0.495. The molecular formula is C14H21NO. The lowest BCUT2D eigenvalue weighted by Crippen LogP contribution is -2.32. The Bertz CT molecular complexity index is 293. The Balaban J connectivity index is 2.09. The monoisotopic (exact) mass is 219 g/mol. The molecule has 88 valence electrons. The quantitative estimate of drug-likeness (QED) is 0.840. The van der Waals surface area contributed by atoms with Crippen LogP contribution in [0.1, 0.15) is 31.4 Å². The molecule has 0 bridgehead atoms. The molecule has 0 aliphatic carbocycles. The predicted octanol–water partition coefficient (Wildman–Crippen LogP) is 2.76. The third kappa shape index (κ3) is 2.83. The van der Waals surface area contributed by atoms with E-state index in [1.54, 1.807) is 0 Å². The van der Waals surface area contributed by atoms with Gasteiger partial charge in [-0.15, -0.1) is 0 Å². The van der Waals surface area contributed by atoms with E-state index < -0.39 is 0 Å². The maximum absolute atomic E-state index is 5.44. The maximum Gasteiger partial charge on any atom is 0.0469 e. The van der Waals surface area contributed by atoms with Crippen LogP contribution in [0.4, 0.5) is 0 Å². The molecule has 1 unspecified atom stereocenters. The van der Waals surface area contributed by atoms with Crippen LogP contribution in [0.5, 0.6) is 0 Å². The number of ether oxygens (including phenoxy) is 1. The van der Waals surface area contributed by atoms with Crippen LogP contribution in [0, 0.1) is 5.92 Å². The molecular weight excluding hydrogens is 198 g/mol. The van der Waals surface area contributed by atoms with Gasteiger partial charge in [-0.05, 0) is 30.9 Å². The Kier molecular flexibility index (Phi) is 4.37. The van der Waals surface area contributed by atoms with Gasteiger partial charge in [-0.2, -0.15) is 0 Å². The van der Waals surface area contributed by atoms with Crippen LogP contribution in [0.15, 0.2) is 30.3 Å². The Morgan fingerprint density at radius 2 is 1.94 bits per heavy atom. The first-order chi connectivity index (χ1) is 7.92. The highest BCUT2D eigenvalue weighted by Crippen LogP contribution is 2.29. The molecule has 1 aromatic carbocycles. The molecule has 1 fully saturated rings. The summed E-state index contributed by atoms with van der Waals surface area (Å²) in [4.78, 5) is 0. The molecule has 1 atom stereocenters. The Hall–Kier alpha value is -0.860. The van der Waals surface area contributed by atoms with Gasteiger partial charge in [0.05, 0.1) is 0 Å². The second kappa shape index (κ2) is 6.02. The lowest BCUT2D eigenvalue weighted by atomic mass is 9.87. The SMILES string of the molecule is CCNC(c1ccccc1)C1CCOCC1. The molecule has 2 heteroatoms. The summed E-state index contributed by atoms with van der Waals surface area (Å²) in [5.74, 6) is 0.719. The molecule has 1 aromatic rings. The Morgan fingerprint density at radius 1 is 1.25 bits per heavy atom. The zero-order valence-electron chi connectivity index (χ0n) is 9.99. The molecule has 0 aromatic heterocycles. The van der Waals surface area contributed by atoms with Gasteiger partial charge in [0.25, 0.3) is 0 Å². The van der Waals surface area contributed by atoms with Gasteiger partial charge in [0.2, 0.25) is 0 Å². The number of hydrogen-bond donors (Lipinski definition) is 1. The van der Waals surface area contributed by atoms with Crippen LogP contribution in [0.2, 0.25) is 0 Å².